The third-order valence-corrected chi connectivity index (χ3v) is 1.87. The summed E-state index contributed by atoms with van der Waals surface area (Å²) >= 11 is 0. The molecule has 1 aromatic carbocycles. The summed E-state index contributed by atoms with van der Waals surface area (Å²) in [6.07, 6.45) is 3.36. The van der Waals surface area contributed by atoms with E-state index >= 15 is 0 Å². The fourth-order valence-corrected chi connectivity index (χ4v) is 1.15. The van der Waals surface area contributed by atoms with Crippen molar-refractivity contribution in [2.75, 3.05) is 7.11 Å². The molecular formula is C12H12O2. The Balaban J connectivity index is 3.23. The second kappa shape index (κ2) is 4.42. The van der Waals surface area contributed by atoms with E-state index in [0.717, 1.165) is 11.1 Å². The lowest BCUT2D eigenvalue weighted by Gasteiger charge is -2.03. The van der Waals surface area contributed by atoms with E-state index in [0.29, 0.717) is 5.56 Å². The summed E-state index contributed by atoms with van der Waals surface area (Å²) in [7, 11) is 1.36. The van der Waals surface area contributed by atoms with Crippen LogP contribution in [0.15, 0.2) is 31.4 Å². The summed E-state index contributed by atoms with van der Waals surface area (Å²) < 4.78 is 4.63. The zero-order valence-corrected chi connectivity index (χ0v) is 8.12. The Bertz CT molecular complexity index is 352. The number of ether oxygens (including phenoxy) is 1. The van der Waals surface area contributed by atoms with Crippen molar-refractivity contribution in [1.82, 2.24) is 0 Å². The van der Waals surface area contributed by atoms with Gasteiger partial charge in [-0.05, 0) is 29.3 Å². The fourth-order valence-electron chi connectivity index (χ4n) is 1.15. The van der Waals surface area contributed by atoms with Gasteiger partial charge in [-0.25, -0.2) is 4.79 Å². The van der Waals surface area contributed by atoms with Crippen LogP contribution in [-0.4, -0.2) is 13.1 Å². The Hall–Kier alpha value is -1.83. The molecule has 0 fully saturated rings. The highest BCUT2D eigenvalue weighted by Crippen LogP contribution is 2.13. The number of rotatable bonds is 3. The summed E-state index contributed by atoms with van der Waals surface area (Å²) in [5.74, 6) is -0.350. The molecule has 2 nitrogen and oxygen atoms in total. The van der Waals surface area contributed by atoms with Crippen LogP contribution in [0.25, 0.3) is 12.2 Å². The van der Waals surface area contributed by atoms with Gasteiger partial charge in [-0.1, -0.05) is 25.3 Å². The molecule has 0 amide bonds. The number of hydrogen-bond acceptors (Lipinski definition) is 2. The Kier molecular flexibility index (Phi) is 3.24. The van der Waals surface area contributed by atoms with Gasteiger partial charge in [0.1, 0.15) is 0 Å². The molecule has 0 aliphatic rings. The first-order chi connectivity index (χ1) is 6.71. The Labute approximate surface area is 83.5 Å². The van der Waals surface area contributed by atoms with Crippen LogP contribution in [0.1, 0.15) is 21.5 Å². The molecule has 0 saturated carbocycles. The normalized spacial score (nSPS) is 9.21. The number of benzene rings is 1. The van der Waals surface area contributed by atoms with E-state index in [1.807, 2.05) is 6.07 Å². The average molecular weight is 188 g/mol. The van der Waals surface area contributed by atoms with Crippen LogP contribution in [0.4, 0.5) is 0 Å². The molecule has 0 unspecified atom stereocenters. The average Bonchev–Trinajstić information content (AvgIpc) is 2.27. The molecule has 0 spiro atoms. The molecule has 0 bridgehead atoms. The Morgan fingerprint density at radius 3 is 2.07 bits per heavy atom. The van der Waals surface area contributed by atoms with Gasteiger partial charge in [0, 0.05) is 0 Å². The van der Waals surface area contributed by atoms with Gasteiger partial charge < -0.3 is 4.74 Å². The summed E-state index contributed by atoms with van der Waals surface area (Å²) in [5, 5.41) is 0. The minimum Gasteiger partial charge on any atom is -0.465 e. The van der Waals surface area contributed by atoms with Crippen molar-refractivity contribution in [3.63, 3.8) is 0 Å². The molecule has 72 valence electrons. The van der Waals surface area contributed by atoms with Crippen LogP contribution in [-0.2, 0) is 4.74 Å². The van der Waals surface area contributed by atoms with Gasteiger partial charge in [0.15, 0.2) is 0 Å². The molecular weight excluding hydrogens is 176 g/mol. The van der Waals surface area contributed by atoms with Crippen molar-refractivity contribution in [3.8, 4) is 0 Å². The lowest BCUT2D eigenvalue weighted by Crippen LogP contribution is -2.01. The quantitative estimate of drug-likeness (QED) is 0.682. The van der Waals surface area contributed by atoms with Crippen LogP contribution in [0.5, 0.6) is 0 Å². The van der Waals surface area contributed by atoms with E-state index in [2.05, 4.69) is 17.9 Å². The first-order valence-corrected chi connectivity index (χ1v) is 4.19. The summed E-state index contributed by atoms with van der Waals surface area (Å²) in [6, 6.07) is 5.35. The predicted molar refractivity (Wildman–Crippen MR) is 58.0 cm³/mol. The number of hydrogen-bond donors (Lipinski definition) is 0. The highest BCUT2D eigenvalue weighted by atomic mass is 16.5. The number of carbonyl (C=O) groups is 1. The molecule has 0 heterocycles. The van der Waals surface area contributed by atoms with Crippen molar-refractivity contribution in [3.05, 3.63) is 48.0 Å². The first-order valence-electron chi connectivity index (χ1n) is 4.19. The topological polar surface area (TPSA) is 26.3 Å². The summed E-state index contributed by atoms with van der Waals surface area (Å²) in [6.45, 7) is 7.29. The zero-order valence-electron chi connectivity index (χ0n) is 8.12. The Morgan fingerprint density at radius 2 is 1.71 bits per heavy atom. The predicted octanol–water partition coefficient (Wildman–Crippen LogP) is 2.76. The molecule has 0 atom stereocenters. The highest BCUT2D eigenvalue weighted by Gasteiger charge is 2.06. The number of methoxy groups -OCH3 is 1. The van der Waals surface area contributed by atoms with Crippen molar-refractivity contribution in [1.29, 1.82) is 0 Å². The van der Waals surface area contributed by atoms with Crippen molar-refractivity contribution in [2.24, 2.45) is 0 Å². The lowest BCUT2D eigenvalue weighted by atomic mass is 10.1. The van der Waals surface area contributed by atoms with E-state index < -0.39 is 0 Å². The molecule has 0 radical (unpaired) electrons. The smallest absolute Gasteiger partial charge is 0.337 e. The number of esters is 1. The molecule has 0 N–H and O–H groups in total. The van der Waals surface area contributed by atoms with Gasteiger partial charge in [0.2, 0.25) is 0 Å². The SMILES string of the molecule is C=Cc1cc(C=C)cc(C(=O)OC)c1. The van der Waals surface area contributed by atoms with Crippen molar-refractivity contribution in [2.45, 2.75) is 0 Å². The van der Waals surface area contributed by atoms with Crippen LogP contribution in [0.3, 0.4) is 0 Å². The standard InChI is InChI=1S/C12H12O2/c1-4-9-6-10(5-2)8-11(7-9)12(13)14-3/h4-8H,1-2H2,3H3. The molecule has 0 aliphatic heterocycles. The van der Waals surface area contributed by atoms with E-state index in [-0.39, 0.29) is 5.97 Å². The molecule has 14 heavy (non-hydrogen) atoms. The van der Waals surface area contributed by atoms with Gasteiger partial charge in [0.25, 0.3) is 0 Å². The van der Waals surface area contributed by atoms with E-state index in [9.17, 15) is 4.79 Å². The second-order valence-corrected chi connectivity index (χ2v) is 2.79. The van der Waals surface area contributed by atoms with Gasteiger partial charge in [-0.15, -0.1) is 0 Å². The van der Waals surface area contributed by atoms with E-state index in [1.165, 1.54) is 7.11 Å². The van der Waals surface area contributed by atoms with Crippen molar-refractivity contribution >= 4 is 18.1 Å². The largest absolute Gasteiger partial charge is 0.465 e. The van der Waals surface area contributed by atoms with Gasteiger partial charge in [0.05, 0.1) is 12.7 Å². The van der Waals surface area contributed by atoms with Gasteiger partial charge in [-0.2, -0.15) is 0 Å². The monoisotopic (exact) mass is 188 g/mol. The summed E-state index contributed by atoms with van der Waals surface area (Å²) in [5.41, 5.74) is 2.27. The van der Waals surface area contributed by atoms with Crippen LogP contribution >= 0.6 is 0 Å². The molecule has 2 heteroatoms. The zero-order chi connectivity index (χ0) is 10.6. The summed E-state index contributed by atoms with van der Waals surface area (Å²) in [4.78, 5) is 11.3. The Morgan fingerprint density at radius 1 is 1.21 bits per heavy atom. The molecule has 0 saturated heterocycles. The molecule has 1 aromatic rings. The molecule has 0 aromatic heterocycles. The third kappa shape index (κ3) is 2.10. The maximum Gasteiger partial charge on any atom is 0.337 e. The van der Waals surface area contributed by atoms with Crippen LogP contribution in [0.2, 0.25) is 0 Å². The molecule has 1 rings (SSSR count). The van der Waals surface area contributed by atoms with Crippen LogP contribution in [0, 0.1) is 0 Å². The van der Waals surface area contributed by atoms with Gasteiger partial charge >= 0.3 is 5.97 Å². The maximum atomic E-state index is 11.3. The minimum absolute atomic E-state index is 0.350. The minimum atomic E-state index is -0.350. The van der Waals surface area contributed by atoms with E-state index in [4.69, 9.17) is 0 Å². The first kappa shape index (κ1) is 10.3. The molecule has 0 aliphatic carbocycles. The van der Waals surface area contributed by atoms with Crippen molar-refractivity contribution < 1.29 is 9.53 Å². The third-order valence-electron chi connectivity index (χ3n) is 1.87. The number of carbonyl (C=O) groups excluding carboxylic acids is 1. The van der Waals surface area contributed by atoms with E-state index in [1.54, 1.807) is 24.3 Å². The van der Waals surface area contributed by atoms with Gasteiger partial charge in [-0.3, -0.25) is 0 Å². The highest BCUT2D eigenvalue weighted by molar-refractivity contribution is 5.90. The lowest BCUT2D eigenvalue weighted by molar-refractivity contribution is 0.0600. The second-order valence-electron chi connectivity index (χ2n) is 2.79. The van der Waals surface area contributed by atoms with Crippen LogP contribution < -0.4 is 0 Å². The fraction of sp³-hybridized carbons (Fsp3) is 0.0833. The maximum absolute atomic E-state index is 11.3.